The van der Waals surface area contributed by atoms with E-state index in [1.54, 1.807) is 0 Å². The Bertz CT molecular complexity index is 335. The fraction of sp³-hybridized carbons (Fsp3) is 1.00. The monoisotopic (exact) mass is 277 g/mol. The van der Waals surface area contributed by atoms with Gasteiger partial charge in [0.2, 0.25) is 10.0 Å². The third-order valence-electron chi connectivity index (χ3n) is 3.37. The van der Waals surface area contributed by atoms with E-state index in [0.29, 0.717) is 12.5 Å². The first-order chi connectivity index (χ1) is 8.33. The van der Waals surface area contributed by atoms with Crippen LogP contribution >= 0.6 is 0 Å². The normalized spacial score (nSPS) is 23.6. The van der Waals surface area contributed by atoms with Gasteiger partial charge in [0.15, 0.2) is 0 Å². The molecule has 0 aromatic rings. The molecule has 0 aliphatic carbocycles. The standard InChI is InChI=1S/C12H27N3O2S/c1-10(2)12(9-15(3)4)14-18(16,17)11-6-5-7-13-8-11/h10-14H,5-9H2,1-4H3. The van der Waals surface area contributed by atoms with Gasteiger partial charge in [-0.1, -0.05) is 13.8 Å². The second-order valence-corrected chi connectivity index (χ2v) is 7.74. The topological polar surface area (TPSA) is 61.4 Å². The van der Waals surface area contributed by atoms with Gasteiger partial charge in [-0.3, -0.25) is 0 Å². The molecule has 1 aliphatic rings. The molecule has 0 saturated carbocycles. The Kier molecular flexibility index (Phi) is 6.04. The minimum absolute atomic E-state index is 0.0214. The van der Waals surface area contributed by atoms with Crippen LogP contribution in [0.15, 0.2) is 0 Å². The number of hydrogen-bond acceptors (Lipinski definition) is 4. The smallest absolute Gasteiger partial charge is 0.216 e. The average molecular weight is 277 g/mol. The van der Waals surface area contributed by atoms with Gasteiger partial charge in [0.1, 0.15) is 0 Å². The highest BCUT2D eigenvalue weighted by Gasteiger charge is 2.30. The summed E-state index contributed by atoms with van der Waals surface area (Å²) in [5.41, 5.74) is 0. The molecule has 0 radical (unpaired) electrons. The number of likely N-dealkylation sites (N-methyl/N-ethyl adjacent to an activating group) is 1. The van der Waals surface area contributed by atoms with Gasteiger partial charge in [0, 0.05) is 19.1 Å². The lowest BCUT2D eigenvalue weighted by Gasteiger charge is -2.29. The molecule has 1 saturated heterocycles. The van der Waals surface area contributed by atoms with Crippen LogP contribution in [0.5, 0.6) is 0 Å². The predicted molar refractivity (Wildman–Crippen MR) is 75.1 cm³/mol. The number of rotatable bonds is 6. The van der Waals surface area contributed by atoms with Crippen LogP contribution in [-0.4, -0.2) is 58.3 Å². The van der Waals surface area contributed by atoms with E-state index in [2.05, 4.69) is 23.9 Å². The maximum Gasteiger partial charge on any atom is 0.216 e. The van der Waals surface area contributed by atoms with Crippen LogP contribution < -0.4 is 10.0 Å². The molecule has 1 heterocycles. The van der Waals surface area contributed by atoms with E-state index in [0.717, 1.165) is 25.9 Å². The Labute approximate surface area is 111 Å². The fourth-order valence-electron chi connectivity index (χ4n) is 2.17. The summed E-state index contributed by atoms with van der Waals surface area (Å²) in [7, 11) is 0.716. The number of sulfonamides is 1. The Balaban J connectivity index is 2.65. The zero-order valence-corrected chi connectivity index (χ0v) is 12.8. The predicted octanol–water partition coefficient (Wildman–Crippen LogP) is 0.244. The van der Waals surface area contributed by atoms with E-state index in [9.17, 15) is 8.42 Å². The second kappa shape index (κ2) is 6.84. The molecule has 18 heavy (non-hydrogen) atoms. The molecule has 1 aliphatic heterocycles. The van der Waals surface area contributed by atoms with Gasteiger partial charge >= 0.3 is 0 Å². The molecule has 0 bridgehead atoms. The van der Waals surface area contributed by atoms with Gasteiger partial charge in [-0.2, -0.15) is 0 Å². The first-order valence-electron chi connectivity index (χ1n) is 6.69. The van der Waals surface area contributed by atoms with Crippen molar-refractivity contribution in [3.63, 3.8) is 0 Å². The minimum Gasteiger partial charge on any atom is -0.315 e. The number of nitrogens with one attached hydrogen (secondary N) is 2. The van der Waals surface area contributed by atoms with Crippen LogP contribution in [0.25, 0.3) is 0 Å². The Morgan fingerprint density at radius 3 is 2.50 bits per heavy atom. The molecule has 6 heteroatoms. The maximum absolute atomic E-state index is 12.3. The van der Waals surface area contributed by atoms with E-state index in [4.69, 9.17) is 0 Å². The molecule has 0 aromatic carbocycles. The lowest BCUT2D eigenvalue weighted by molar-refractivity contribution is 0.313. The summed E-state index contributed by atoms with van der Waals surface area (Å²) in [6, 6.07) is -0.0214. The maximum atomic E-state index is 12.3. The SMILES string of the molecule is CC(C)C(CN(C)C)NS(=O)(=O)C1CCCNC1. The minimum atomic E-state index is -3.21. The van der Waals surface area contributed by atoms with Crippen LogP contribution in [-0.2, 0) is 10.0 Å². The second-order valence-electron chi connectivity index (χ2n) is 5.74. The van der Waals surface area contributed by atoms with Crippen molar-refractivity contribution >= 4 is 10.0 Å². The van der Waals surface area contributed by atoms with E-state index in [-0.39, 0.29) is 11.3 Å². The van der Waals surface area contributed by atoms with Crippen molar-refractivity contribution < 1.29 is 8.42 Å². The van der Waals surface area contributed by atoms with Gasteiger partial charge in [0.25, 0.3) is 0 Å². The van der Waals surface area contributed by atoms with Crippen LogP contribution in [0.4, 0.5) is 0 Å². The third-order valence-corrected chi connectivity index (χ3v) is 5.28. The van der Waals surface area contributed by atoms with Crippen LogP contribution in [0.1, 0.15) is 26.7 Å². The molecular weight excluding hydrogens is 250 g/mol. The summed E-state index contributed by atoms with van der Waals surface area (Å²) in [5, 5.41) is 2.87. The van der Waals surface area contributed by atoms with Crippen molar-refractivity contribution in [2.45, 2.75) is 38.0 Å². The van der Waals surface area contributed by atoms with Crippen molar-refractivity contribution in [2.24, 2.45) is 5.92 Å². The zero-order chi connectivity index (χ0) is 13.8. The van der Waals surface area contributed by atoms with Crippen molar-refractivity contribution in [3.8, 4) is 0 Å². The fourth-order valence-corrected chi connectivity index (χ4v) is 3.94. The van der Waals surface area contributed by atoms with Gasteiger partial charge < -0.3 is 10.2 Å². The number of piperidine rings is 1. The molecule has 0 aromatic heterocycles. The van der Waals surface area contributed by atoms with Crippen LogP contribution in [0.2, 0.25) is 0 Å². The summed E-state index contributed by atoms with van der Waals surface area (Å²) >= 11 is 0. The van der Waals surface area contributed by atoms with E-state index < -0.39 is 10.0 Å². The van der Waals surface area contributed by atoms with Crippen LogP contribution in [0, 0.1) is 5.92 Å². The van der Waals surface area contributed by atoms with Gasteiger partial charge in [-0.15, -0.1) is 0 Å². The lowest BCUT2D eigenvalue weighted by Crippen LogP contribution is -2.51. The van der Waals surface area contributed by atoms with Crippen molar-refractivity contribution in [1.29, 1.82) is 0 Å². The molecule has 2 unspecified atom stereocenters. The molecule has 1 fully saturated rings. The third kappa shape index (κ3) is 4.84. The van der Waals surface area contributed by atoms with Gasteiger partial charge in [-0.05, 0) is 39.4 Å². The lowest BCUT2D eigenvalue weighted by atomic mass is 10.1. The molecule has 5 nitrogen and oxygen atoms in total. The van der Waals surface area contributed by atoms with Gasteiger partial charge in [-0.25, -0.2) is 13.1 Å². The summed E-state index contributed by atoms with van der Waals surface area (Å²) in [4.78, 5) is 2.02. The summed E-state index contributed by atoms with van der Waals surface area (Å²) in [5.74, 6) is 0.290. The zero-order valence-electron chi connectivity index (χ0n) is 11.9. The van der Waals surface area contributed by atoms with Crippen molar-refractivity contribution in [2.75, 3.05) is 33.7 Å². The molecule has 1 rings (SSSR count). The number of hydrogen-bond donors (Lipinski definition) is 2. The van der Waals surface area contributed by atoms with Crippen molar-refractivity contribution in [3.05, 3.63) is 0 Å². The molecule has 2 atom stereocenters. The van der Waals surface area contributed by atoms with E-state index in [1.165, 1.54) is 0 Å². The largest absolute Gasteiger partial charge is 0.315 e. The quantitative estimate of drug-likeness (QED) is 0.730. The molecule has 2 N–H and O–H groups in total. The first kappa shape index (κ1) is 15.9. The summed E-state index contributed by atoms with van der Waals surface area (Å²) in [6.07, 6.45) is 1.70. The van der Waals surface area contributed by atoms with E-state index >= 15 is 0 Å². The first-order valence-corrected chi connectivity index (χ1v) is 8.24. The highest BCUT2D eigenvalue weighted by atomic mass is 32.2. The van der Waals surface area contributed by atoms with E-state index in [1.807, 2.05) is 19.0 Å². The highest BCUT2D eigenvalue weighted by molar-refractivity contribution is 7.90. The molecule has 108 valence electrons. The summed E-state index contributed by atoms with van der Waals surface area (Å²) in [6.45, 7) is 6.34. The Morgan fingerprint density at radius 2 is 2.06 bits per heavy atom. The number of nitrogens with zero attached hydrogens (tertiary/aromatic N) is 1. The van der Waals surface area contributed by atoms with Crippen LogP contribution in [0.3, 0.4) is 0 Å². The van der Waals surface area contributed by atoms with Gasteiger partial charge in [0.05, 0.1) is 5.25 Å². The molecule has 0 spiro atoms. The molecule has 0 amide bonds. The average Bonchev–Trinajstić information content (AvgIpc) is 2.28. The Morgan fingerprint density at radius 1 is 1.39 bits per heavy atom. The highest BCUT2D eigenvalue weighted by Crippen LogP contribution is 2.13. The summed E-state index contributed by atoms with van der Waals surface area (Å²) < 4.78 is 27.5. The Hall–Kier alpha value is -0.170. The van der Waals surface area contributed by atoms with Crippen molar-refractivity contribution in [1.82, 2.24) is 14.9 Å². The molecular formula is C12H27N3O2S.